The van der Waals surface area contributed by atoms with Crippen LogP contribution in [0.3, 0.4) is 0 Å². The highest BCUT2D eigenvalue weighted by molar-refractivity contribution is 5.54. The summed E-state index contributed by atoms with van der Waals surface area (Å²) in [5, 5.41) is 4.36. The van der Waals surface area contributed by atoms with Gasteiger partial charge >= 0.3 is 0 Å². The molecule has 1 fully saturated rings. The molecule has 0 N–H and O–H groups in total. The number of rotatable bonds is 3. The van der Waals surface area contributed by atoms with Crippen molar-refractivity contribution < 1.29 is 0 Å². The monoisotopic (exact) mass is 323 g/mol. The van der Waals surface area contributed by atoms with Gasteiger partial charge in [-0.2, -0.15) is 14.6 Å². The third kappa shape index (κ3) is 2.71. The second-order valence-corrected chi connectivity index (χ2v) is 6.20. The third-order valence-electron chi connectivity index (χ3n) is 4.66. The van der Waals surface area contributed by atoms with E-state index in [9.17, 15) is 0 Å². The van der Waals surface area contributed by atoms with E-state index in [4.69, 9.17) is 0 Å². The Morgan fingerprint density at radius 2 is 1.88 bits per heavy atom. The zero-order valence-corrected chi connectivity index (χ0v) is 14.1. The Hall–Kier alpha value is -2.54. The lowest BCUT2D eigenvalue weighted by Crippen LogP contribution is -2.47. The summed E-state index contributed by atoms with van der Waals surface area (Å²) in [4.78, 5) is 18.0. The molecule has 1 aliphatic rings. The molecule has 4 rings (SSSR count). The van der Waals surface area contributed by atoms with Gasteiger partial charge in [0.25, 0.3) is 5.78 Å². The maximum atomic E-state index is 4.51. The second kappa shape index (κ2) is 6.16. The Morgan fingerprint density at radius 1 is 1.04 bits per heavy atom. The van der Waals surface area contributed by atoms with Gasteiger partial charge in [0.1, 0.15) is 12.1 Å². The SMILES string of the molecule is Cc1nc2ncnn2c(N2CCN(Cc3ccccn3)CC2)c1C. The van der Waals surface area contributed by atoms with Gasteiger partial charge in [0, 0.05) is 50.2 Å². The van der Waals surface area contributed by atoms with Crippen molar-refractivity contribution in [3.8, 4) is 0 Å². The molecule has 0 bridgehead atoms. The first-order valence-corrected chi connectivity index (χ1v) is 8.26. The highest BCUT2D eigenvalue weighted by Gasteiger charge is 2.22. The molecule has 0 amide bonds. The van der Waals surface area contributed by atoms with Gasteiger partial charge in [-0.25, -0.2) is 4.98 Å². The lowest BCUT2D eigenvalue weighted by Gasteiger charge is -2.36. The Labute approximate surface area is 141 Å². The minimum absolute atomic E-state index is 0.670. The van der Waals surface area contributed by atoms with E-state index in [0.717, 1.165) is 49.9 Å². The largest absolute Gasteiger partial charge is 0.354 e. The van der Waals surface area contributed by atoms with E-state index in [1.807, 2.05) is 29.8 Å². The number of piperazine rings is 1. The lowest BCUT2D eigenvalue weighted by atomic mass is 10.2. The molecule has 0 aromatic carbocycles. The molecule has 124 valence electrons. The van der Waals surface area contributed by atoms with E-state index in [2.05, 4.69) is 42.8 Å². The molecule has 3 aromatic rings. The summed E-state index contributed by atoms with van der Waals surface area (Å²) in [6.45, 7) is 8.99. The first-order chi connectivity index (χ1) is 11.7. The van der Waals surface area contributed by atoms with E-state index >= 15 is 0 Å². The van der Waals surface area contributed by atoms with E-state index < -0.39 is 0 Å². The minimum Gasteiger partial charge on any atom is -0.354 e. The topological polar surface area (TPSA) is 62.5 Å². The van der Waals surface area contributed by atoms with Crippen LogP contribution in [0.15, 0.2) is 30.7 Å². The summed E-state index contributed by atoms with van der Waals surface area (Å²) in [6.07, 6.45) is 3.43. The minimum atomic E-state index is 0.670. The fourth-order valence-corrected chi connectivity index (χ4v) is 3.23. The average Bonchev–Trinajstić information content (AvgIpc) is 3.06. The molecule has 0 atom stereocenters. The second-order valence-electron chi connectivity index (χ2n) is 6.20. The van der Waals surface area contributed by atoms with Crippen molar-refractivity contribution in [1.29, 1.82) is 0 Å². The average molecular weight is 323 g/mol. The molecule has 4 heterocycles. The van der Waals surface area contributed by atoms with Gasteiger partial charge in [-0.15, -0.1) is 0 Å². The summed E-state index contributed by atoms with van der Waals surface area (Å²) in [5.41, 5.74) is 3.31. The number of aromatic nitrogens is 5. The summed E-state index contributed by atoms with van der Waals surface area (Å²) in [7, 11) is 0. The maximum Gasteiger partial charge on any atom is 0.254 e. The van der Waals surface area contributed by atoms with Gasteiger partial charge in [0.15, 0.2) is 0 Å². The summed E-state index contributed by atoms with van der Waals surface area (Å²) in [6, 6.07) is 6.09. The molecule has 1 saturated heterocycles. The number of fused-ring (bicyclic) bond motifs is 1. The van der Waals surface area contributed by atoms with E-state index in [0.29, 0.717) is 5.78 Å². The van der Waals surface area contributed by atoms with Gasteiger partial charge in [0.2, 0.25) is 0 Å². The summed E-state index contributed by atoms with van der Waals surface area (Å²) in [5.74, 6) is 1.79. The highest BCUT2D eigenvalue weighted by atomic mass is 15.4. The molecule has 0 spiro atoms. The molecule has 0 radical (unpaired) electrons. The molecule has 3 aromatic heterocycles. The van der Waals surface area contributed by atoms with Crippen LogP contribution in [0.5, 0.6) is 0 Å². The van der Waals surface area contributed by atoms with Crippen molar-refractivity contribution in [1.82, 2.24) is 29.5 Å². The van der Waals surface area contributed by atoms with E-state index in [-0.39, 0.29) is 0 Å². The Balaban J connectivity index is 1.52. The fraction of sp³-hybridized carbons (Fsp3) is 0.412. The zero-order chi connectivity index (χ0) is 16.5. The standard InChI is InChI=1S/C17H21N7/c1-13-14(2)21-17-19-12-20-24(17)16(13)23-9-7-22(8-10-23)11-15-5-3-4-6-18-15/h3-6,12H,7-11H2,1-2H3. The van der Waals surface area contributed by atoms with Crippen LogP contribution in [-0.2, 0) is 6.54 Å². The van der Waals surface area contributed by atoms with Crippen LogP contribution < -0.4 is 4.90 Å². The zero-order valence-electron chi connectivity index (χ0n) is 14.1. The number of hydrogen-bond donors (Lipinski definition) is 0. The van der Waals surface area contributed by atoms with Gasteiger partial charge < -0.3 is 4.90 Å². The van der Waals surface area contributed by atoms with Gasteiger partial charge in [-0.05, 0) is 26.0 Å². The van der Waals surface area contributed by atoms with Crippen molar-refractivity contribution >= 4 is 11.6 Å². The molecule has 0 aliphatic carbocycles. The number of pyridine rings is 1. The predicted molar refractivity (Wildman–Crippen MR) is 92.0 cm³/mol. The van der Waals surface area contributed by atoms with Crippen LogP contribution in [0.4, 0.5) is 5.82 Å². The van der Waals surface area contributed by atoms with Gasteiger partial charge in [-0.3, -0.25) is 9.88 Å². The van der Waals surface area contributed by atoms with Crippen molar-refractivity contribution in [2.75, 3.05) is 31.1 Å². The van der Waals surface area contributed by atoms with E-state index in [1.165, 1.54) is 5.56 Å². The van der Waals surface area contributed by atoms with Crippen molar-refractivity contribution in [2.24, 2.45) is 0 Å². The Bertz CT molecular complexity index is 835. The maximum absolute atomic E-state index is 4.51. The smallest absolute Gasteiger partial charge is 0.254 e. The summed E-state index contributed by atoms with van der Waals surface area (Å²) < 4.78 is 1.86. The molecular formula is C17H21N7. The quantitative estimate of drug-likeness (QED) is 0.727. The van der Waals surface area contributed by atoms with Crippen molar-refractivity contribution in [3.63, 3.8) is 0 Å². The van der Waals surface area contributed by atoms with Crippen molar-refractivity contribution in [2.45, 2.75) is 20.4 Å². The first-order valence-electron chi connectivity index (χ1n) is 8.26. The first kappa shape index (κ1) is 15.0. The lowest BCUT2D eigenvalue weighted by molar-refractivity contribution is 0.246. The van der Waals surface area contributed by atoms with Crippen LogP contribution >= 0.6 is 0 Å². The van der Waals surface area contributed by atoms with Crippen LogP contribution in [0.1, 0.15) is 17.0 Å². The van der Waals surface area contributed by atoms with Crippen LogP contribution in [0.25, 0.3) is 5.78 Å². The fourth-order valence-electron chi connectivity index (χ4n) is 3.23. The molecule has 24 heavy (non-hydrogen) atoms. The molecule has 7 heteroatoms. The normalized spacial score (nSPS) is 16.0. The number of anilines is 1. The molecule has 7 nitrogen and oxygen atoms in total. The van der Waals surface area contributed by atoms with E-state index in [1.54, 1.807) is 6.33 Å². The molecular weight excluding hydrogens is 302 g/mol. The van der Waals surface area contributed by atoms with Gasteiger partial charge in [0.05, 0.1) is 5.69 Å². The third-order valence-corrected chi connectivity index (χ3v) is 4.66. The number of aryl methyl sites for hydroxylation is 1. The molecule has 1 aliphatic heterocycles. The van der Waals surface area contributed by atoms with Crippen LogP contribution in [0, 0.1) is 13.8 Å². The Morgan fingerprint density at radius 3 is 2.62 bits per heavy atom. The predicted octanol–water partition coefficient (Wildman–Crippen LogP) is 1.46. The summed E-state index contributed by atoms with van der Waals surface area (Å²) >= 11 is 0. The van der Waals surface area contributed by atoms with Crippen LogP contribution in [0.2, 0.25) is 0 Å². The molecule has 0 saturated carbocycles. The Kier molecular flexibility index (Phi) is 3.86. The van der Waals surface area contributed by atoms with Crippen molar-refractivity contribution in [3.05, 3.63) is 47.7 Å². The van der Waals surface area contributed by atoms with Crippen LogP contribution in [-0.4, -0.2) is 55.6 Å². The number of nitrogens with zero attached hydrogens (tertiary/aromatic N) is 7. The highest BCUT2D eigenvalue weighted by Crippen LogP contribution is 2.23. The molecule has 0 unspecified atom stereocenters. The number of hydrogen-bond acceptors (Lipinski definition) is 6. The van der Waals surface area contributed by atoms with Gasteiger partial charge in [-0.1, -0.05) is 6.07 Å².